The van der Waals surface area contributed by atoms with Gasteiger partial charge in [0.05, 0.1) is 17.7 Å². The minimum atomic E-state index is -0.240. The Balaban J connectivity index is 2.02. The van der Waals surface area contributed by atoms with E-state index in [1.807, 2.05) is 12.2 Å². The molecule has 0 radical (unpaired) electrons. The summed E-state index contributed by atoms with van der Waals surface area (Å²) < 4.78 is 18.8. The first-order valence-electron chi connectivity index (χ1n) is 5.20. The maximum atomic E-state index is 13.0. The first-order chi connectivity index (χ1) is 7.75. The molecule has 4 heteroatoms. The monoisotopic (exact) mass is 285 g/mol. The molecule has 1 atom stereocenters. The topological polar surface area (TPSA) is 21.3 Å². The van der Waals surface area contributed by atoms with Crippen LogP contribution in [0.4, 0.5) is 4.39 Å². The van der Waals surface area contributed by atoms with Crippen LogP contribution in [-0.4, -0.2) is 25.8 Å². The molecule has 0 bridgehead atoms. The maximum absolute atomic E-state index is 13.0. The minimum Gasteiger partial charge on any atom is -0.378 e. The minimum absolute atomic E-state index is 0.240. The largest absolute Gasteiger partial charge is 0.378 e. The third-order valence-corrected chi connectivity index (χ3v) is 3.02. The van der Waals surface area contributed by atoms with E-state index in [0.29, 0.717) is 11.1 Å². The van der Waals surface area contributed by atoms with Crippen molar-refractivity contribution < 1.29 is 9.13 Å². The Morgan fingerprint density at radius 2 is 2.38 bits per heavy atom. The molecule has 16 heavy (non-hydrogen) atoms. The van der Waals surface area contributed by atoms with Gasteiger partial charge in [-0.15, -0.1) is 0 Å². The predicted molar refractivity (Wildman–Crippen MR) is 65.7 cm³/mol. The van der Waals surface area contributed by atoms with Gasteiger partial charge in [0, 0.05) is 12.6 Å². The van der Waals surface area contributed by atoms with Crippen LogP contribution >= 0.6 is 15.9 Å². The molecule has 1 aromatic rings. The zero-order valence-corrected chi connectivity index (χ0v) is 10.3. The zero-order valence-electron chi connectivity index (χ0n) is 8.75. The van der Waals surface area contributed by atoms with Crippen molar-refractivity contribution in [2.75, 3.05) is 19.8 Å². The number of rotatable bonds is 2. The van der Waals surface area contributed by atoms with E-state index in [0.717, 1.165) is 18.7 Å². The third-order valence-electron chi connectivity index (χ3n) is 2.41. The molecule has 1 fully saturated rings. The van der Waals surface area contributed by atoms with Crippen molar-refractivity contribution in [1.29, 1.82) is 0 Å². The van der Waals surface area contributed by atoms with Crippen molar-refractivity contribution in [3.05, 3.63) is 40.1 Å². The van der Waals surface area contributed by atoms with Crippen molar-refractivity contribution in [2.24, 2.45) is 0 Å². The van der Waals surface area contributed by atoms with Crippen LogP contribution in [0.25, 0.3) is 6.08 Å². The van der Waals surface area contributed by atoms with Crippen LogP contribution < -0.4 is 5.32 Å². The number of benzene rings is 1. The second-order valence-corrected chi connectivity index (χ2v) is 4.52. The van der Waals surface area contributed by atoms with Gasteiger partial charge in [-0.05, 0) is 33.6 Å². The third kappa shape index (κ3) is 3.14. The fourth-order valence-electron chi connectivity index (χ4n) is 1.55. The Kier molecular flexibility index (Phi) is 4.09. The van der Waals surface area contributed by atoms with Gasteiger partial charge in [0.2, 0.25) is 0 Å². The Morgan fingerprint density at radius 1 is 1.50 bits per heavy atom. The molecule has 1 unspecified atom stereocenters. The standard InChI is InChI=1S/C12H13BrFNO/c13-11-7-9(2-4-12(11)14)1-3-10-8-16-6-5-15-10/h1-4,7,10,15H,5-6,8H2/b3-1+. The first-order valence-corrected chi connectivity index (χ1v) is 5.99. The lowest BCUT2D eigenvalue weighted by Gasteiger charge is -2.20. The molecule has 1 heterocycles. The highest BCUT2D eigenvalue weighted by Crippen LogP contribution is 2.17. The smallest absolute Gasteiger partial charge is 0.137 e. The van der Waals surface area contributed by atoms with E-state index in [-0.39, 0.29) is 11.9 Å². The molecule has 0 spiro atoms. The van der Waals surface area contributed by atoms with Crippen LogP contribution in [0.5, 0.6) is 0 Å². The van der Waals surface area contributed by atoms with Crippen molar-refractivity contribution >= 4 is 22.0 Å². The first kappa shape index (κ1) is 11.8. The van der Waals surface area contributed by atoms with E-state index in [2.05, 4.69) is 21.2 Å². The van der Waals surface area contributed by atoms with Gasteiger partial charge in [-0.1, -0.05) is 18.2 Å². The van der Waals surface area contributed by atoms with Crippen LogP contribution in [0.15, 0.2) is 28.7 Å². The van der Waals surface area contributed by atoms with E-state index < -0.39 is 0 Å². The molecule has 1 aliphatic heterocycles. The van der Waals surface area contributed by atoms with Gasteiger partial charge in [-0.25, -0.2) is 4.39 Å². The maximum Gasteiger partial charge on any atom is 0.137 e. The molecule has 1 aromatic carbocycles. The molecule has 0 aromatic heterocycles. The zero-order chi connectivity index (χ0) is 11.4. The number of hydrogen-bond donors (Lipinski definition) is 1. The summed E-state index contributed by atoms with van der Waals surface area (Å²) in [5.74, 6) is -0.240. The number of morpholine rings is 1. The summed E-state index contributed by atoms with van der Waals surface area (Å²) in [7, 11) is 0. The Labute approximate surface area is 103 Å². The van der Waals surface area contributed by atoms with Gasteiger partial charge >= 0.3 is 0 Å². The molecule has 1 aliphatic rings. The van der Waals surface area contributed by atoms with Gasteiger partial charge in [0.25, 0.3) is 0 Å². The summed E-state index contributed by atoms with van der Waals surface area (Å²) >= 11 is 3.16. The SMILES string of the molecule is Fc1ccc(/C=C/C2COCCN2)cc1Br. The van der Waals surface area contributed by atoms with Crippen molar-refractivity contribution in [3.63, 3.8) is 0 Å². The summed E-state index contributed by atoms with van der Waals surface area (Å²) in [5.41, 5.74) is 0.973. The van der Waals surface area contributed by atoms with E-state index in [1.165, 1.54) is 6.07 Å². The van der Waals surface area contributed by atoms with E-state index in [1.54, 1.807) is 12.1 Å². The van der Waals surface area contributed by atoms with E-state index in [4.69, 9.17) is 4.74 Å². The second kappa shape index (κ2) is 5.57. The fraction of sp³-hybridized carbons (Fsp3) is 0.333. The molecule has 0 amide bonds. The summed E-state index contributed by atoms with van der Waals surface area (Å²) in [5, 5.41) is 3.32. The van der Waals surface area contributed by atoms with Gasteiger partial charge in [-0.3, -0.25) is 0 Å². The lowest BCUT2D eigenvalue weighted by Crippen LogP contribution is -2.39. The molecular formula is C12H13BrFNO. The van der Waals surface area contributed by atoms with Gasteiger partial charge in [-0.2, -0.15) is 0 Å². The van der Waals surface area contributed by atoms with Gasteiger partial charge in [0.15, 0.2) is 0 Å². The van der Waals surface area contributed by atoms with Crippen molar-refractivity contribution in [2.45, 2.75) is 6.04 Å². The predicted octanol–water partition coefficient (Wildman–Crippen LogP) is 2.59. The number of hydrogen-bond acceptors (Lipinski definition) is 2. The lowest BCUT2D eigenvalue weighted by molar-refractivity contribution is 0.0903. The average molecular weight is 286 g/mol. The highest BCUT2D eigenvalue weighted by molar-refractivity contribution is 9.10. The quantitative estimate of drug-likeness (QED) is 0.902. The number of ether oxygens (including phenoxy) is 1. The van der Waals surface area contributed by atoms with Gasteiger partial charge < -0.3 is 10.1 Å². The highest BCUT2D eigenvalue weighted by atomic mass is 79.9. The molecular weight excluding hydrogens is 273 g/mol. The van der Waals surface area contributed by atoms with Crippen LogP contribution in [0.1, 0.15) is 5.56 Å². The Morgan fingerprint density at radius 3 is 3.06 bits per heavy atom. The second-order valence-electron chi connectivity index (χ2n) is 3.67. The van der Waals surface area contributed by atoms with Gasteiger partial charge in [0.1, 0.15) is 5.82 Å². The molecule has 0 saturated carbocycles. The Hall–Kier alpha value is -0.710. The Bertz CT molecular complexity index is 389. The molecule has 1 N–H and O–H groups in total. The molecule has 86 valence electrons. The summed E-state index contributed by atoms with van der Waals surface area (Å²) in [6, 6.07) is 5.21. The molecule has 0 aliphatic carbocycles. The van der Waals surface area contributed by atoms with Crippen LogP contribution in [0.2, 0.25) is 0 Å². The highest BCUT2D eigenvalue weighted by Gasteiger charge is 2.08. The van der Waals surface area contributed by atoms with Crippen LogP contribution in [0.3, 0.4) is 0 Å². The molecule has 2 nitrogen and oxygen atoms in total. The normalized spacial score (nSPS) is 21.5. The summed E-state index contributed by atoms with van der Waals surface area (Å²) in [6.45, 7) is 2.34. The van der Waals surface area contributed by atoms with Crippen LogP contribution in [0, 0.1) is 5.82 Å². The number of halogens is 2. The lowest BCUT2D eigenvalue weighted by atomic mass is 10.1. The van der Waals surface area contributed by atoms with E-state index >= 15 is 0 Å². The number of nitrogens with one attached hydrogen (secondary N) is 1. The van der Waals surface area contributed by atoms with Crippen molar-refractivity contribution in [3.8, 4) is 0 Å². The summed E-state index contributed by atoms with van der Waals surface area (Å²) in [4.78, 5) is 0. The van der Waals surface area contributed by atoms with E-state index in [9.17, 15) is 4.39 Å². The average Bonchev–Trinajstić information content (AvgIpc) is 2.32. The fourth-order valence-corrected chi connectivity index (χ4v) is 1.95. The van der Waals surface area contributed by atoms with Crippen LogP contribution in [-0.2, 0) is 4.74 Å². The summed E-state index contributed by atoms with van der Waals surface area (Å²) in [6.07, 6.45) is 4.01. The molecule has 1 saturated heterocycles. The molecule has 2 rings (SSSR count). The van der Waals surface area contributed by atoms with Crippen molar-refractivity contribution in [1.82, 2.24) is 5.32 Å².